The van der Waals surface area contributed by atoms with Gasteiger partial charge in [-0.05, 0) is 31.2 Å². The van der Waals surface area contributed by atoms with Gasteiger partial charge in [0.1, 0.15) is 11.4 Å². The number of carbonyl (C=O) groups excluding carboxylic acids is 1. The molecule has 1 heterocycles. The van der Waals surface area contributed by atoms with Gasteiger partial charge in [-0.3, -0.25) is 4.79 Å². The fourth-order valence-corrected chi connectivity index (χ4v) is 3.43. The highest BCUT2D eigenvalue weighted by Crippen LogP contribution is 2.30. The van der Waals surface area contributed by atoms with Gasteiger partial charge in [0, 0.05) is 28.0 Å². The number of aromatic nitrogens is 1. The summed E-state index contributed by atoms with van der Waals surface area (Å²) in [4.78, 5) is 24.5. The van der Waals surface area contributed by atoms with Gasteiger partial charge in [-0.2, -0.15) is 0 Å². The summed E-state index contributed by atoms with van der Waals surface area (Å²) < 4.78 is 6.94. The number of ether oxygens (including phenoxy) is 1. The van der Waals surface area contributed by atoms with Crippen LogP contribution in [0.15, 0.2) is 42.5 Å². The number of fused-ring (bicyclic) bond motifs is 1. The van der Waals surface area contributed by atoms with Crippen molar-refractivity contribution < 1.29 is 19.4 Å². The zero-order valence-electron chi connectivity index (χ0n) is 15.0. The Kier molecular flexibility index (Phi) is 5.37. The Labute approximate surface area is 161 Å². The summed E-state index contributed by atoms with van der Waals surface area (Å²) in [6.45, 7) is 2.37. The Morgan fingerprint density at radius 3 is 2.63 bits per heavy atom. The predicted octanol–water partition coefficient (Wildman–Crippen LogP) is 4.20. The molecule has 6 nitrogen and oxygen atoms in total. The summed E-state index contributed by atoms with van der Waals surface area (Å²) in [5.74, 6) is -0.935. The molecule has 1 aromatic heterocycles. The second kappa shape index (κ2) is 7.72. The SMILES string of the molecule is CCn1c(C(=O)O)c(CC(=O)Nc2cc(Cl)ccc2OC)c2ccccc21. The van der Waals surface area contributed by atoms with E-state index in [1.165, 1.54) is 7.11 Å². The molecule has 0 atom stereocenters. The second-order valence-electron chi connectivity index (χ2n) is 5.96. The van der Waals surface area contributed by atoms with Gasteiger partial charge in [0.15, 0.2) is 0 Å². The quantitative estimate of drug-likeness (QED) is 0.665. The first-order valence-corrected chi connectivity index (χ1v) is 8.80. The molecule has 0 radical (unpaired) electrons. The van der Waals surface area contributed by atoms with Crippen LogP contribution in [0.5, 0.6) is 5.75 Å². The largest absolute Gasteiger partial charge is 0.495 e. The van der Waals surface area contributed by atoms with Crippen LogP contribution in [0.1, 0.15) is 23.0 Å². The summed E-state index contributed by atoms with van der Waals surface area (Å²) >= 11 is 6.00. The lowest BCUT2D eigenvalue weighted by molar-refractivity contribution is -0.115. The van der Waals surface area contributed by atoms with Crippen molar-refractivity contribution in [2.75, 3.05) is 12.4 Å². The fourth-order valence-electron chi connectivity index (χ4n) is 3.26. The van der Waals surface area contributed by atoms with E-state index >= 15 is 0 Å². The molecule has 0 saturated heterocycles. The molecule has 1 amide bonds. The molecule has 0 aliphatic heterocycles. The number of para-hydroxylation sites is 1. The van der Waals surface area contributed by atoms with Gasteiger partial charge in [-0.25, -0.2) is 4.79 Å². The number of hydrogen-bond donors (Lipinski definition) is 2. The van der Waals surface area contributed by atoms with Gasteiger partial charge in [0.2, 0.25) is 5.91 Å². The molecule has 0 aliphatic rings. The lowest BCUT2D eigenvalue weighted by atomic mass is 10.1. The molecule has 7 heteroatoms. The maximum Gasteiger partial charge on any atom is 0.352 e. The Hall–Kier alpha value is -2.99. The number of nitrogens with one attached hydrogen (secondary N) is 1. The van der Waals surface area contributed by atoms with Gasteiger partial charge in [0.05, 0.1) is 19.2 Å². The van der Waals surface area contributed by atoms with Crippen LogP contribution in [0.2, 0.25) is 5.02 Å². The van der Waals surface area contributed by atoms with E-state index < -0.39 is 5.97 Å². The lowest BCUT2D eigenvalue weighted by Gasteiger charge is -2.11. The number of methoxy groups -OCH3 is 1. The van der Waals surface area contributed by atoms with Crippen LogP contribution in [-0.4, -0.2) is 28.7 Å². The number of carboxylic acids is 1. The van der Waals surface area contributed by atoms with Gasteiger partial charge < -0.3 is 19.7 Å². The second-order valence-corrected chi connectivity index (χ2v) is 6.40. The molecule has 0 saturated carbocycles. The Morgan fingerprint density at radius 2 is 1.96 bits per heavy atom. The van der Waals surface area contributed by atoms with Gasteiger partial charge >= 0.3 is 5.97 Å². The van der Waals surface area contributed by atoms with Crippen molar-refractivity contribution in [2.45, 2.75) is 19.9 Å². The molecule has 0 fully saturated rings. The number of amides is 1. The number of halogens is 1. The number of hydrogen-bond acceptors (Lipinski definition) is 3. The average Bonchev–Trinajstić information content (AvgIpc) is 2.95. The molecule has 0 aliphatic carbocycles. The zero-order valence-corrected chi connectivity index (χ0v) is 15.7. The van der Waals surface area contributed by atoms with Crippen molar-refractivity contribution in [3.05, 3.63) is 58.7 Å². The van der Waals surface area contributed by atoms with Crippen LogP contribution in [0.3, 0.4) is 0 Å². The lowest BCUT2D eigenvalue weighted by Crippen LogP contribution is -2.17. The number of anilines is 1. The molecule has 3 rings (SSSR count). The number of carbonyl (C=O) groups is 2. The monoisotopic (exact) mass is 386 g/mol. The molecule has 0 bridgehead atoms. The molecule has 140 valence electrons. The van der Waals surface area contributed by atoms with E-state index in [2.05, 4.69) is 5.32 Å². The van der Waals surface area contributed by atoms with Crippen LogP contribution in [-0.2, 0) is 17.8 Å². The first-order chi connectivity index (χ1) is 13.0. The molecule has 2 N–H and O–H groups in total. The van der Waals surface area contributed by atoms with Crippen LogP contribution in [0.4, 0.5) is 5.69 Å². The molecule has 27 heavy (non-hydrogen) atoms. The van der Waals surface area contributed by atoms with Crippen molar-refractivity contribution in [1.29, 1.82) is 0 Å². The number of nitrogens with zero attached hydrogens (tertiary/aromatic N) is 1. The first-order valence-electron chi connectivity index (χ1n) is 8.43. The first kappa shape index (κ1) is 18.8. The molecular formula is C20H19ClN2O4. The highest BCUT2D eigenvalue weighted by Gasteiger charge is 2.23. The average molecular weight is 387 g/mol. The number of benzene rings is 2. The minimum atomic E-state index is -1.06. The highest BCUT2D eigenvalue weighted by molar-refractivity contribution is 6.31. The zero-order chi connectivity index (χ0) is 19.6. The summed E-state index contributed by atoms with van der Waals surface area (Å²) in [7, 11) is 1.50. The summed E-state index contributed by atoms with van der Waals surface area (Å²) in [5, 5.41) is 13.7. The summed E-state index contributed by atoms with van der Waals surface area (Å²) in [5.41, 5.74) is 1.84. The third kappa shape index (κ3) is 3.61. The number of aromatic carboxylic acids is 1. The molecule has 0 unspecified atom stereocenters. The van der Waals surface area contributed by atoms with Crippen LogP contribution >= 0.6 is 11.6 Å². The Morgan fingerprint density at radius 1 is 1.22 bits per heavy atom. The van der Waals surface area contributed by atoms with Crippen molar-refractivity contribution in [1.82, 2.24) is 4.57 Å². The third-order valence-electron chi connectivity index (χ3n) is 4.37. The number of rotatable bonds is 6. The van der Waals surface area contributed by atoms with Gasteiger partial charge in [0.25, 0.3) is 0 Å². The van der Waals surface area contributed by atoms with Gasteiger partial charge in [-0.15, -0.1) is 0 Å². The molecule has 3 aromatic rings. The van der Waals surface area contributed by atoms with Crippen molar-refractivity contribution in [3.63, 3.8) is 0 Å². The van der Waals surface area contributed by atoms with E-state index in [9.17, 15) is 14.7 Å². The highest BCUT2D eigenvalue weighted by atomic mass is 35.5. The smallest absolute Gasteiger partial charge is 0.352 e. The van der Waals surface area contributed by atoms with Gasteiger partial charge in [-0.1, -0.05) is 29.8 Å². The fraction of sp³-hybridized carbons (Fsp3) is 0.200. The normalized spacial score (nSPS) is 10.8. The van der Waals surface area contributed by atoms with E-state index in [1.54, 1.807) is 22.8 Å². The number of aryl methyl sites for hydroxylation is 1. The van der Waals surface area contributed by atoms with Crippen LogP contribution in [0.25, 0.3) is 10.9 Å². The Bertz CT molecular complexity index is 1030. The van der Waals surface area contributed by atoms with Crippen LogP contribution < -0.4 is 10.1 Å². The van der Waals surface area contributed by atoms with Crippen molar-refractivity contribution in [3.8, 4) is 5.75 Å². The van der Waals surface area contributed by atoms with E-state index in [0.717, 1.165) is 10.9 Å². The standard InChI is InChI=1S/C20H19ClN2O4/c1-3-23-16-7-5-4-6-13(16)14(19(23)20(25)26)11-18(24)22-15-10-12(21)8-9-17(15)27-2/h4-10H,3,11H2,1-2H3,(H,22,24)(H,25,26). The maximum atomic E-state index is 12.7. The topological polar surface area (TPSA) is 80.6 Å². The summed E-state index contributed by atoms with van der Waals surface area (Å²) in [6.07, 6.45) is -0.0786. The Balaban J connectivity index is 1.99. The van der Waals surface area contributed by atoms with E-state index in [1.807, 2.05) is 31.2 Å². The molecule has 0 spiro atoms. The molecular weight excluding hydrogens is 368 g/mol. The van der Waals surface area contributed by atoms with Crippen molar-refractivity contribution in [2.24, 2.45) is 0 Å². The van der Waals surface area contributed by atoms with E-state index in [4.69, 9.17) is 16.3 Å². The molecule has 2 aromatic carbocycles. The minimum Gasteiger partial charge on any atom is -0.495 e. The number of carboxylic acid groups (broad SMARTS) is 1. The van der Waals surface area contributed by atoms with Crippen LogP contribution in [0, 0.1) is 0 Å². The van der Waals surface area contributed by atoms with Crippen molar-refractivity contribution >= 4 is 40.1 Å². The van der Waals surface area contributed by atoms with E-state index in [0.29, 0.717) is 28.6 Å². The minimum absolute atomic E-state index is 0.0786. The third-order valence-corrected chi connectivity index (χ3v) is 4.60. The summed E-state index contributed by atoms with van der Waals surface area (Å²) in [6, 6.07) is 12.3. The van der Waals surface area contributed by atoms with E-state index in [-0.39, 0.29) is 18.0 Å². The maximum absolute atomic E-state index is 12.7. The predicted molar refractivity (Wildman–Crippen MR) is 105 cm³/mol.